The zero-order valence-electron chi connectivity index (χ0n) is 22.1. The molecule has 8 heteroatoms. The smallest absolute Gasteiger partial charge is 0.291 e. The molecule has 1 aliphatic rings. The third-order valence-electron chi connectivity index (χ3n) is 6.71. The molecule has 0 spiro atoms. The normalized spacial score (nSPS) is 13.9. The van der Waals surface area contributed by atoms with Crippen LogP contribution in [-0.4, -0.2) is 24.1 Å². The molecule has 2 amide bonds. The number of nitrogens with one attached hydrogen (secondary N) is 2. The minimum absolute atomic E-state index is 0.153. The van der Waals surface area contributed by atoms with Crippen LogP contribution in [0.5, 0.6) is 5.75 Å². The number of benzene rings is 2. The highest BCUT2D eigenvalue weighted by atomic mass is 16.5. The molecule has 2 aromatic heterocycles. The molecule has 5 rings (SSSR count). The topological polar surface area (TPSA) is 106 Å². The van der Waals surface area contributed by atoms with Gasteiger partial charge in [-0.05, 0) is 82.0 Å². The molecule has 4 aromatic rings. The van der Waals surface area contributed by atoms with Crippen LogP contribution in [0.3, 0.4) is 0 Å². The lowest BCUT2D eigenvalue weighted by Crippen LogP contribution is -2.23. The largest absolute Gasteiger partial charge is 0.494 e. The molecule has 0 fully saturated rings. The molecule has 0 saturated heterocycles. The highest BCUT2D eigenvalue weighted by Gasteiger charge is 2.28. The first kappa shape index (κ1) is 25.3. The van der Waals surface area contributed by atoms with E-state index in [0.29, 0.717) is 42.2 Å². The van der Waals surface area contributed by atoms with Crippen LogP contribution in [0, 0.1) is 20.8 Å². The van der Waals surface area contributed by atoms with Crippen molar-refractivity contribution in [3.63, 3.8) is 0 Å². The van der Waals surface area contributed by atoms with Gasteiger partial charge in [-0.25, -0.2) is 5.43 Å². The highest BCUT2D eigenvalue weighted by molar-refractivity contribution is 6.09. The van der Waals surface area contributed by atoms with Crippen molar-refractivity contribution >= 4 is 34.2 Å². The van der Waals surface area contributed by atoms with E-state index < -0.39 is 0 Å². The van der Waals surface area contributed by atoms with E-state index in [1.165, 1.54) is 0 Å². The van der Waals surface area contributed by atoms with Crippen molar-refractivity contribution in [2.24, 2.45) is 5.10 Å². The van der Waals surface area contributed by atoms with Crippen molar-refractivity contribution in [3.05, 3.63) is 82.0 Å². The van der Waals surface area contributed by atoms with E-state index >= 15 is 0 Å². The number of aryl methyl sites for hydroxylation is 3. The van der Waals surface area contributed by atoms with Gasteiger partial charge < -0.3 is 18.9 Å². The van der Waals surface area contributed by atoms with Gasteiger partial charge in [0, 0.05) is 34.2 Å². The molecule has 0 bridgehead atoms. The number of hydrazone groups is 1. The fourth-order valence-electron chi connectivity index (χ4n) is 5.08. The number of hydrogen-bond donors (Lipinski definition) is 2. The summed E-state index contributed by atoms with van der Waals surface area (Å²) in [7, 11) is 0. The molecule has 0 aliphatic heterocycles. The SMILES string of the molecule is CCOc1ccc(NC(=O)c2oc3c(c2C)/C(=N/NC(=O)Cc2coc4cc(C)cc(C)c24)CCC3)cc1. The van der Waals surface area contributed by atoms with E-state index in [1.807, 2.05) is 33.8 Å². The molecule has 0 unspecified atom stereocenters. The van der Waals surface area contributed by atoms with Crippen LogP contribution >= 0.6 is 0 Å². The number of amides is 2. The van der Waals surface area contributed by atoms with Gasteiger partial charge in [-0.15, -0.1) is 0 Å². The number of ether oxygens (including phenoxy) is 1. The Labute approximate surface area is 221 Å². The standard InChI is InChI=1S/C30H31N3O5/c1-5-36-22-11-9-21(10-12-22)31-30(35)29-19(4)28-23(7-6-8-24(28)38-29)32-33-26(34)15-20-16-37-25-14-17(2)13-18(3)27(20)25/h9-14,16H,5-8,15H2,1-4H3,(H,31,35)(H,33,34)/b32-23+. The lowest BCUT2D eigenvalue weighted by Gasteiger charge is -2.13. The predicted octanol–water partition coefficient (Wildman–Crippen LogP) is 6.00. The molecule has 38 heavy (non-hydrogen) atoms. The average Bonchev–Trinajstić information content (AvgIpc) is 3.45. The van der Waals surface area contributed by atoms with Gasteiger partial charge in [0.15, 0.2) is 5.76 Å². The van der Waals surface area contributed by atoms with Gasteiger partial charge >= 0.3 is 0 Å². The lowest BCUT2D eigenvalue weighted by molar-refractivity contribution is -0.120. The summed E-state index contributed by atoms with van der Waals surface area (Å²) in [4.78, 5) is 25.8. The Bertz CT molecular complexity index is 1540. The second-order valence-electron chi connectivity index (χ2n) is 9.61. The molecule has 0 atom stereocenters. The van der Waals surface area contributed by atoms with E-state index in [0.717, 1.165) is 45.4 Å². The minimum atomic E-state index is -0.332. The zero-order chi connectivity index (χ0) is 26.8. The second kappa shape index (κ2) is 10.6. The maximum absolute atomic E-state index is 13.0. The summed E-state index contributed by atoms with van der Waals surface area (Å²) >= 11 is 0. The van der Waals surface area contributed by atoms with Gasteiger partial charge in [0.2, 0.25) is 5.91 Å². The van der Waals surface area contributed by atoms with Crippen LogP contribution in [0.2, 0.25) is 0 Å². The Morgan fingerprint density at radius 3 is 2.63 bits per heavy atom. The number of rotatable bonds is 7. The number of carbonyl (C=O) groups is 2. The van der Waals surface area contributed by atoms with Crippen molar-refractivity contribution in [3.8, 4) is 5.75 Å². The van der Waals surface area contributed by atoms with Gasteiger partial charge in [0.05, 0.1) is 25.0 Å². The van der Waals surface area contributed by atoms with Crippen molar-refractivity contribution < 1.29 is 23.2 Å². The second-order valence-corrected chi connectivity index (χ2v) is 9.61. The van der Waals surface area contributed by atoms with Gasteiger partial charge in [0.1, 0.15) is 17.1 Å². The average molecular weight is 514 g/mol. The summed E-state index contributed by atoms with van der Waals surface area (Å²) in [6.07, 6.45) is 4.00. The molecule has 2 aromatic carbocycles. The Hall–Kier alpha value is -4.33. The first-order chi connectivity index (χ1) is 18.3. The van der Waals surface area contributed by atoms with E-state index in [1.54, 1.807) is 30.5 Å². The maximum Gasteiger partial charge on any atom is 0.291 e. The minimum Gasteiger partial charge on any atom is -0.494 e. The van der Waals surface area contributed by atoms with Crippen LogP contribution in [0.25, 0.3) is 11.0 Å². The Morgan fingerprint density at radius 1 is 1.08 bits per heavy atom. The van der Waals surface area contributed by atoms with E-state index in [9.17, 15) is 9.59 Å². The Kier molecular flexibility index (Phi) is 7.05. The summed E-state index contributed by atoms with van der Waals surface area (Å²) in [5.41, 5.74) is 9.36. The van der Waals surface area contributed by atoms with Crippen molar-refractivity contribution in [1.29, 1.82) is 0 Å². The number of fused-ring (bicyclic) bond motifs is 2. The van der Waals surface area contributed by atoms with Crippen molar-refractivity contribution in [2.45, 2.75) is 53.4 Å². The van der Waals surface area contributed by atoms with Crippen LogP contribution in [0.15, 0.2) is 56.6 Å². The first-order valence-corrected chi connectivity index (χ1v) is 12.8. The molecule has 8 nitrogen and oxygen atoms in total. The third-order valence-corrected chi connectivity index (χ3v) is 6.71. The number of furan rings is 2. The summed E-state index contributed by atoms with van der Waals surface area (Å²) in [5.74, 6) is 1.14. The molecule has 1 aliphatic carbocycles. The number of nitrogens with zero attached hydrogens (tertiary/aromatic N) is 1. The van der Waals surface area contributed by atoms with Gasteiger partial charge in [0.25, 0.3) is 5.91 Å². The van der Waals surface area contributed by atoms with E-state index in [-0.39, 0.29) is 24.0 Å². The molecular weight excluding hydrogens is 482 g/mol. The molecule has 196 valence electrons. The Balaban J connectivity index is 1.31. The van der Waals surface area contributed by atoms with Crippen LogP contribution in [0.1, 0.15) is 63.9 Å². The summed E-state index contributed by atoms with van der Waals surface area (Å²) < 4.78 is 17.1. The lowest BCUT2D eigenvalue weighted by atomic mass is 9.93. The summed E-state index contributed by atoms with van der Waals surface area (Å²) in [5, 5.41) is 8.30. The number of hydrogen-bond acceptors (Lipinski definition) is 6. The monoisotopic (exact) mass is 513 g/mol. The molecular formula is C30H31N3O5. The van der Waals surface area contributed by atoms with Crippen LogP contribution in [0.4, 0.5) is 5.69 Å². The van der Waals surface area contributed by atoms with Gasteiger partial charge in [-0.1, -0.05) is 6.07 Å². The zero-order valence-corrected chi connectivity index (χ0v) is 22.1. The Morgan fingerprint density at radius 2 is 1.87 bits per heavy atom. The summed E-state index contributed by atoms with van der Waals surface area (Å²) in [6.45, 7) is 8.38. The van der Waals surface area contributed by atoms with Crippen molar-refractivity contribution in [1.82, 2.24) is 5.43 Å². The van der Waals surface area contributed by atoms with Gasteiger partial charge in [-0.3, -0.25) is 9.59 Å². The van der Waals surface area contributed by atoms with E-state index in [2.05, 4.69) is 21.9 Å². The fraction of sp³-hybridized carbons (Fsp3) is 0.300. The quantitative estimate of drug-likeness (QED) is 0.295. The summed E-state index contributed by atoms with van der Waals surface area (Å²) in [6, 6.07) is 11.2. The fourth-order valence-corrected chi connectivity index (χ4v) is 5.08. The van der Waals surface area contributed by atoms with E-state index in [4.69, 9.17) is 13.6 Å². The van der Waals surface area contributed by atoms with Gasteiger partial charge in [-0.2, -0.15) is 5.10 Å². The van der Waals surface area contributed by atoms with Crippen LogP contribution in [-0.2, 0) is 17.6 Å². The molecule has 0 radical (unpaired) electrons. The maximum atomic E-state index is 13.0. The van der Waals surface area contributed by atoms with Crippen LogP contribution < -0.4 is 15.5 Å². The number of carbonyl (C=O) groups excluding carboxylic acids is 2. The van der Waals surface area contributed by atoms with Crippen molar-refractivity contribution in [2.75, 3.05) is 11.9 Å². The molecule has 2 N–H and O–H groups in total. The third kappa shape index (κ3) is 5.07. The predicted molar refractivity (Wildman–Crippen MR) is 146 cm³/mol. The molecule has 2 heterocycles. The number of anilines is 1. The highest BCUT2D eigenvalue weighted by Crippen LogP contribution is 2.31. The first-order valence-electron chi connectivity index (χ1n) is 12.8. The molecule has 0 saturated carbocycles.